The lowest BCUT2D eigenvalue weighted by Crippen LogP contribution is -2.32. The molecule has 0 saturated heterocycles. The first-order valence-electron chi connectivity index (χ1n) is 4.64. The van der Waals surface area contributed by atoms with Crippen molar-refractivity contribution < 1.29 is 0 Å². The van der Waals surface area contributed by atoms with Crippen molar-refractivity contribution in [2.24, 2.45) is 11.3 Å². The SMILES string of the molecule is C#CCC1CC(Cl)CCC1(C)C. The van der Waals surface area contributed by atoms with Crippen LogP contribution in [0.25, 0.3) is 0 Å². The van der Waals surface area contributed by atoms with Gasteiger partial charge in [-0.25, -0.2) is 0 Å². The van der Waals surface area contributed by atoms with Crippen molar-refractivity contribution in [3.05, 3.63) is 0 Å². The minimum Gasteiger partial charge on any atom is -0.123 e. The summed E-state index contributed by atoms with van der Waals surface area (Å²) in [6.07, 6.45) is 9.68. The van der Waals surface area contributed by atoms with Gasteiger partial charge in [0.25, 0.3) is 0 Å². The van der Waals surface area contributed by atoms with Crippen LogP contribution in [0.2, 0.25) is 0 Å². The Hall–Kier alpha value is -0.150. The van der Waals surface area contributed by atoms with Crippen LogP contribution in [-0.2, 0) is 0 Å². The Morgan fingerprint density at radius 1 is 1.58 bits per heavy atom. The molecule has 1 fully saturated rings. The van der Waals surface area contributed by atoms with Crippen LogP contribution >= 0.6 is 11.6 Å². The highest BCUT2D eigenvalue weighted by Crippen LogP contribution is 2.43. The van der Waals surface area contributed by atoms with E-state index in [9.17, 15) is 0 Å². The standard InChI is InChI=1S/C11H17Cl/c1-4-5-9-8-10(12)6-7-11(9,2)3/h1,9-10H,5-8H2,2-3H3. The van der Waals surface area contributed by atoms with E-state index in [4.69, 9.17) is 18.0 Å². The van der Waals surface area contributed by atoms with E-state index in [1.54, 1.807) is 0 Å². The molecule has 68 valence electrons. The summed E-state index contributed by atoms with van der Waals surface area (Å²) < 4.78 is 0. The summed E-state index contributed by atoms with van der Waals surface area (Å²) in [6.45, 7) is 4.61. The predicted octanol–water partition coefficient (Wildman–Crippen LogP) is 3.44. The molecule has 2 unspecified atom stereocenters. The highest BCUT2D eigenvalue weighted by Gasteiger charge is 2.34. The molecule has 0 heterocycles. The molecule has 0 N–H and O–H groups in total. The Bertz CT molecular complexity index is 188. The van der Waals surface area contributed by atoms with Gasteiger partial charge in [0, 0.05) is 11.8 Å². The van der Waals surface area contributed by atoms with E-state index in [2.05, 4.69) is 19.8 Å². The Kier molecular flexibility index (Phi) is 3.07. The average molecular weight is 185 g/mol. The molecule has 0 aromatic heterocycles. The predicted molar refractivity (Wildman–Crippen MR) is 54.2 cm³/mol. The molecule has 0 aromatic rings. The zero-order chi connectivity index (χ0) is 9.19. The van der Waals surface area contributed by atoms with Crippen molar-refractivity contribution in [3.8, 4) is 12.3 Å². The van der Waals surface area contributed by atoms with Crippen LogP contribution in [0, 0.1) is 23.7 Å². The number of hydrogen-bond acceptors (Lipinski definition) is 0. The minimum atomic E-state index is 0.358. The van der Waals surface area contributed by atoms with E-state index >= 15 is 0 Å². The molecule has 1 saturated carbocycles. The molecule has 0 bridgehead atoms. The first-order chi connectivity index (χ1) is 5.56. The molecule has 0 nitrogen and oxygen atoms in total. The topological polar surface area (TPSA) is 0 Å². The molecule has 0 spiro atoms. The quantitative estimate of drug-likeness (QED) is 0.433. The van der Waals surface area contributed by atoms with Gasteiger partial charge in [-0.05, 0) is 30.6 Å². The molecular weight excluding hydrogens is 168 g/mol. The van der Waals surface area contributed by atoms with E-state index in [1.807, 2.05) is 0 Å². The molecule has 1 rings (SSSR count). The minimum absolute atomic E-state index is 0.358. The lowest BCUT2D eigenvalue weighted by atomic mass is 9.67. The summed E-state index contributed by atoms with van der Waals surface area (Å²) in [5, 5.41) is 0.358. The zero-order valence-corrected chi connectivity index (χ0v) is 8.69. The number of alkyl halides is 1. The van der Waals surface area contributed by atoms with Gasteiger partial charge in [-0.1, -0.05) is 13.8 Å². The van der Waals surface area contributed by atoms with Gasteiger partial charge in [0.2, 0.25) is 0 Å². The number of terminal acetylenes is 1. The third-order valence-electron chi connectivity index (χ3n) is 3.11. The van der Waals surface area contributed by atoms with Gasteiger partial charge >= 0.3 is 0 Å². The van der Waals surface area contributed by atoms with Crippen molar-refractivity contribution in [2.45, 2.75) is 44.9 Å². The Morgan fingerprint density at radius 2 is 2.25 bits per heavy atom. The van der Waals surface area contributed by atoms with E-state index in [0.29, 0.717) is 16.7 Å². The Balaban J connectivity index is 2.60. The summed E-state index contributed by atoms with van der Waals surface area (Å²) in [7, 11) is 0. The largest absolute Gasteiger partial charge is 0.123 e. The van der Waals surface area contributed by atoms with Crippen LogP contribution in [0.4, 0.5) is 0 Å². The van der Waals surface area contributed by atoms with Gasteiger partial charge in [-0.2, -0.15) is 0 Å². The molecule has 12 heavy (non-hydrogen) atoms. The molecule has 0 aromatic carbocycles. The molecular formula is C11H17Cl. The molecule has 2 atom stereocenters. The van der Waals surface area contributed by atoms with Gasteiger partial charge in [0.15, 0.2) is 0 Å². The molecule has 0 radical (unpaired) electrons. The Labute approximate surface area is 80.7 Å². The second-order valence-corrected chi connectivity index (χ2v) is 5.08. The highest BCUT2D eigenvalue weighted by molar-refractivity contribution is 6.20. The third kappa shape index (κ3) is 2.17. The fourth-order valence-corrected chi connectivity index (χ4v) is 2.30. The van der Waals surface area contributed by atoms with E-state index in [0.717, 1.165) is 19.3 Å². The van der Waals surface area contributed by atoms with Gasteiger partial charge in [-0.3, -0.25) is 0 Å². The van der Waals surface area contributed by atoms with Crippen LogP contribution in [0.15, 0.2) is 0 Å². The normalized spacial score (nSPS) is 34.2. The van der Waals surface area contributed by atoms with Gasteiger partial charge in [0.05, 0.1) is 0 Å². The summed E-state index contributed by atoms with van der Waals surface area (Å²) in [6, 6.07) is 0. The van der Waals surface area contributed by atoms with Gasteiger partial charge in [-0.15, -0.1) is 23.9 Å². The van der Waals surface area contributed by atoms with E-state index in [1.165, 1.54) is 6.42 Å². The second-order valence-electron chi connectivity index (χ2n) is 4.47. The van der Waals surface area contributed by atoms with Gasteiger partial charge in [0.1, 0.15) is 0 Å². The molecule has 1 aliphatic carbocycles. The molecule has 0 aliphatic heterocycles. The monoisotopic (exact) mass is 184 g/mol. The molecule has 1 aliphatic rings. The summed E-state index contributed by atoms with van der Waals surface area (Å²) in [5.74, 6) is 3.38. The second kappa shape index (κ2) is 3.71. The molecule has 1 heteroatoms. The maximum atomic E-state index is 6.11. The van der Waals surface area contributed by atoms with Crippen LogP contribution < -0.4 is 0 Å². The van der Waals surface area contributed by atoms with E-state index < -0.39 is 0 Å². The number of hydrogen-bond donors (Lipinski definition) is 0. The van der Waals surface area contributed by atoms with Crippen molar-refractivity contribution in [1.29, 1.82) is 0 Å². The lowest BCUT2D eigenvalue weighted by Gasteiger charge is -2.39. The molecule has 0 amide bonds. The van der Waals surface area contributed by atoms with Crippen LogP contribution in [-0.4, -0.2) is 5.38 Å². The fraction of sp³-hybridized carbons (Fsp3) is 0.818. The lowest BCUT2D eigenvalue weighted by molar-refractivity contribution is 0.145. The van der Waals surface area contributed by atoms with E-state index in [-0.39, 0.29) is 0 Å². The number of rotatable bonds is 1. The zero-order valence-electron chi connectivity index (χ0n) is 7.94. The summed E-state index contributed by atoms with van der Waals surface area (Å²) in [5.41, 5.74) is 0.401. The summed E-state index contributed by atoms with van der Waals surface area (Å²) >= 11 is 6.11. The Morgan fingerprint density at radius 3 is 2.83 bits per heavy atom. The van der Waals surface area contributed by atoms with Crippen molar-refractivity contribution in [1.82, 2.24) is 0 Å². The first-order valence-corrected chi connectivity index (χ1v) is 5.07. The first kappa shape index (κ1) is 9.93. The van der Waals surface area contributed by atoms with Crippen molar-refractivity contribution >= 4 is 11.6 Å². The number of halogens is 1. The maximum absolute atomic E-state index is 6.11. The van der Waals surface area contributed by atoms with Crippen LogP contribution in [0.1, 0.15) is 39.5 Å². The maximum Gasteiger partial charge on any atom is 0.0339 e. The van der Waals surface area contributed by atoms with Crippen molar-refractivity contribution in [2.75, 3.05) is 0 Å². The highest BCUT2D eigenvalue weighted by atomic mass is 35.5. The smallest absolute Gasteiger partial charge is 0.0339 e. The van der Waals surface area contributed by atoms with Crippen molar-refractivity contribution in [3.63, 3.8) is 0 Å². The van der Waals surface area contributed by atoms with Gasteiger partial charge < -0.3 is 0 Å². The van der Waals surface area contributed by atoms with Crippen LogP contribution in [0.3, 0.4) is 0 Å². The average Bonchev–Trinajstić information content (AvgIpc) is 1.98. The fourth-order valence-electron chi connectivity index (χ4n) is 1.98. The summed E-state index contributed by atoms with van der Waals surface area (Å²) in [4.78, 5) is 0. The van der Waals surface area contributed by atoms with Crippen LogP contribution in [0.5, 0.6) is 0 Å². The third-order valence-corrected chi connectivity index (χ3v) is 3.51.